The van der Waals surface area contributed by atoms with Crippen molar-refractivity contribution in [3.05, 3.63) is 40.2 Å². The number of hydrogen-bond acceptors (Lipinski definition) is 5. The van der Waals surface area contributed by atoms with Crippen molar-refractivity contribution in [3.63, 3.8) is 0 Å². The molecule has 2 N–H and O–H groups in total. The van der Waals surface area contributed by atoms with Gasteiger partial charge in [-0.25, -0.2) is 4.98 Å². The van der Waals surface area contributed by atoms with Crippen LogP contribution in [-0.2, 0) is 12.6 Å². The summed E-state index contributed by atoms with van der Waals surface area (Å²) in [6, 6.07) is 3.95. The number of thiazole rings is 1. The Morgan fingerprint density at radius 1 is 1.29 bits per heavy atom. The number of piperidine rings is 1. The highest BCUT2D eigenvalue weighted by Crippen LogP contribution is 2.30. The van der Waals surface area contributed by atoms with Gasteiger partial charge in [0, 0.05) is 24.9 Å². The maximum Gasteiger partial charge on any atom is 0.434 e. The zero-order chi connectivity index (χ0) is 21.4. The summed E-state index contributed by atoms with van der Waals surface area (Å²) in [7, 11) is 0. The van der Waals surface area contributed by atoms with Crippen molar-refractivity contribution in [3.8, 4) is 0 Å². The van der Waals surface area contributed by atoms with Gasteiger partial charge in [-0.05, 0) is 45.0 Å². The first-order chi connectivity index (χ1) is 14.5. The lowest BCUT2D eigenvalue weighted by Gasteiger charge is -2.32. The van der Waals surface area contributed by atoms with Gasteiger partial charge in [0.1, 0.15) is 5.76 Å². The van der Waals surface area contributed by atoms with Crippen molar-refractivity contribution in [1.29, 1.82) is 0 Å². The average Bonchev–Trinajstić information content (AvgIpc) is 3.41. The third-order valence-electron chi connectivity index (χ3n) is 4.94. The average molecular weight is 571 g/mol. The maximum absolute atomic E-state index is 12.7. The Morgan fingerprint density at radius 2 is 2.06 bits per heavy atom. The summed E-state index contributed by atoms with van der Waals surface area (Å²) in [5, 5.41) is 7.90. The molecular formula is C20H29F3IN5OS. The summed E-state index contributed by atoms with van der Waals surface area (Å²) in [4.78, 5) is 10.8. The van der Waals surface area contributed by atoms with Crippen LogP contribution in [0, 0.1) is 0 Å². The van der Waals surface area contributed by atoms with Crippen LogP contribution in [0.1, 0.15) is 48.7 Å². The highest BCUT2D eigenvalue weighted by Gasteiger charge is 2.33. The number of likely N-dealkylation sites (tertiary alicyclic amines) is 1. The summed E-state index contributed by atoms with van der Waals surface area (Å²) in [6.45, 7) is 5.70. The van der Waals surface area contributed by atoms with E-state index in [0.717, 1.165) is 35.6 Å². The largest absolute Gasteiger partial charge is 0.468 e. The van der Waals surface area contributed by atoms with Gasteiger partial charge in [0.15, 0.2) is 11.7 Å². The van der Waals surface area contributed by atoms with Crippen LogP contribution >= 0.6 is 35.3 Å². The molecule has 0 amide bonds. The predicted molar refractivity (Wildman–Crippen MR) is 127 cm³/mol. The summed E-state index contributed by atoms with van der Waals surface area (Å²) in [5.41, 5.74) is -0.828. The fourth-order valence-electron chi connectivity index (χ4n) is 3.46. The smallest absolute Gasteiger partial charge is 0.434 e. The van der Waals surface area contributed by atoms with Gasteiger partial charge < -0.3 is 15.1 Å². The van der Waals surface area contributed by atoms with Gasteiger partial charge in [0.25, 0.3) is 0 Å². The second-order valence-electron chi connectivity index (χ2n) is 7.15. The van der Waals surface area contributed by atoms with Crippen LogP contribution in [0.3, 0.4) is 0 Å². The summed E-state index contributed by atoms with van der Waals surface area (Å²) < 4.78 is 43.7. The highest BCUT2D eigenvalue weighted by atomic mass is 127. The Labute approximate surface area is 201 Å². The normalized spacial score (nSPS) is 16.6. The van der Waals surface area contributed by atoms with Crippen LogP contribution in [0.5, 0.6) is 0 Å². The Bertz CT molecular complexity index is 791. The highest BCUT2D eigenvalue weighted by molar-refractivity contribution is 14.0. The van der Waals surface area contributed by atoms with E-state index in [1.165, 1.54) is 19.3 Å². The van der Waals surface area contributed by atoms with Gasteiger partial charge >= 0.3 is 6.18 Å². The molecule has 3 heterocycles. The van der Waals surface area contributed by atoms with E-state index in [1.807, 2.05) is 19.1 Å². The standard InChI is InChI=1S/C20H28F3N5OS.HI/c1-2-24-19(25-9-8-18-27-17(14-30-18)20(21,22)23)26-13-15(16-7-6-12-29-16)28-10-4-3-5-11-28;/h6-7,12,14-15H,2-5,8-11,13H2,1H3,(H2,24,25,26);1H. The molecule has 0 radical (unpaired) electrons. The molecular weight excluding hydrogens is 542 g/mol. The molecule has 0 bridgehead atoms. The Balaban J connectivity index is 0.00000341. The number of nitrogens with zero attached hydrogens (tertiary/aromatic N) is 3. The predicted octanol–water partition coefficient (Wildman–Crippen LogP) is 4.70. The minimum absolute atomic E-state index is 0. The van der Waals surface area contributed by atoms with E-state index in [2.05, 4.69) is 20.5 Å². The molecule has 3 rings (SSSR count). The number of guanidine groups is 1. The zero-order valence-electron chi connectivity index (χ0n) is 17.5. The first kappa shape index (κ1) is 25.9. The van der Waals surface area contributed by atoms with Gasteiger partial charge in [0.2, 0.25) is 0 Å². The number of hydrogen-bond donors (Lipinski definition) is 2. The number of furan rings is 1. The molecule has 2 aromatic rings. The van der Waals surface area contributed by atoms with E-state index < -0.39 is 11.9 Å². The number of alkyl halides is 3. The third kappa shape index (κ3) is 7.94. The Morgan fingerprint density at radius 3 is 2.68 bits per heavy atom. The van der Waals surface area contributed by atoms with Crippen molar-refractivity contribution in [1.82, 2.24) is 20.5 Å². The number of rotatable bonds is 8. The van der Waals surface area contributed by atoms with Gasteiger partial charge in [-0.3, -0.25) is 9.89 Å². The van der Waals surface area contributed by atoms with E-state index in [9.17, 15) is 13.2 Å². The van der Waals surface area contributed by atoms with E-state index in [0.29, 0.717) is 37.0 Å². The van der Waals surface area contributed by atoms with Crippen LogP contribution in [0.25, 0.3) is 0 Å². The molecule has 11 heteroatoms. The molecule has 1 unspecified atom stereocenters. The lowest BCUT2D eigenvalue weighted by atomic mass is 10.1. The number of halogens is 4. The molecule has 6 nitrogen and oxygen atoms in total. The molecule has 1 aliphatic rings. The Hall–Kier alpha value is -1.34. The minimum atomic E-state index is -4.39. The fourth-order valence-corrected chi connectivity index (χ4v) is 4.26. The van der Waals surface area contributed by atoms with Crippen LogP contribution in [0.2, 0.25) is 0 Å². The van der Waals surface area contributed by atoms with Gasteiger partial charge in [-0.2, -0.15) is 13.2 Å². The monoisotopic (exact) mass is 571 g/mol. The quantitative estimate of drug-likeness (QED) is 0.274. The molecule has 1 aliphatic heterocycles. The van der Waals surface area contributed by atoms with Crippen molar-refractivity contribution in [2.24, 2.45) is 4.99 Å². The Kier molecular flexibility index (Phi) is 10.6. The van der Waals surface area contributed by atoms with Gasteiger partial charge in [-0.1, -0.05) is 6.42 Å². The molecule has 0 spiro atoms. The molecule has 0 aliphatic carbocycles. The number of aliphatic imine (C=N–C) groups is 1. The SMILES string of the molecule is CCNC(=NCC(c1ccco1)N1CCCCC1)NCCc1nc(C(F)(F)F)cs1.I. The molecule has 1 atom stereocenters. The third-order valence-corrected chi connectivity index (χ3v) is 5.85. The maximum atomic E-state index is 12.7. The van der Waals surface area contributed by atoms with Crippen molar-refractivity contribution in [2.75, 3.05) is 32.7 Å². The number of nitrogens with one attached hydrogen (secondary N) is 2. The van der Waals surface area contributed by atoms with Gasteiger partial charge in [-0.15, -0.1) is 35.3 Å². The lowest BCUT2D eigenvalue weighted by Crippen LogP contribution is -2.40. The van der Waals surface area contributed by atoms with E-state index in [4.69, 9.17) is 9.41 Å². The summed E-state index contributed by atoms with van der Waals surface area (Å²) in [5.74, 6) is 1.54. The van der Waals surface area contributed by atoms with Crippen LogP contribution in [0.15, 0.2) is 33.2 Å². The topological polar surface area (TPSA) is 65.7 Å². The second kappa shape index (κ2) is 12.6. The van der Waals surface area contributed by atoms with Crippen LogP contribution < -0.4 is 10.6 Å². The molecule has 1 fully saturated rings. The van der Waals surface area contributed by atoms with Crippen LogP contribution in [-0.4, -0.2) is 48.6 Å². The zero-order valence-corrected chi connectivity index (χ0v) is 20.6. The fraction of sp³-hybridized carbons (Fsp3) is 0.600. The minimum Gasteiger partial charge on any atom is -0.468 e. The lowest BCUT2D eigenvalue weighted by molar-refractivity contribution is -0.140. The molecule has 2 aromatic heterocycles. The van der Waals surface area contributed by atoms with Gasteiger partial charge in [0.05, 0.1) is 23.9 Å². The number of aromatic nitrogens is 1. The molecule has 0 saturated carbocycles. The molecule has 174 valence electrons. The van der Waals surface area contributed by atoms with Crippen molar-refractivity contribution < 1.29 is 17.6 Å². The summed E-state index contributed by atoms with van der Waals surface area (Å²) >= 11 is 1.03. The molecule has 0 aromatic carbocycles. The first-order valence-electron chi connectivity index (χ1n) is 10.3. The first-order valence-corrected chi connectivity index (χ1v) is 11.2. The van der Waals surface area contributed by atoms with E-state index >= 15 is 0 Å². The van der Waals surface area contributed by atoms with Crippen molar-refractivity contribution >= 4 is 41.3 Å². The molecule has 1 saturated heterocycles. The van der Waals surface area contributed by atoms with Crippen molar-refractivity contribution in [2.45, 2.75) is 44.8 Å². The second-order valence-corrected chi connectivity index (χ2v) is 8.09. The summed E-state index contributed by atoms with van der Waals surface area (Å²) in [6.07, 6.45) is 1.29. The van der Waals surface area contributed by atoms with Crippen LogP contribution in [0.4, 0.5) is 13.2 Å². The molecule has 31 heavy (non-hydrogen) atoms. The van der Waals surface area contributed by atoms with E-state index in [-0.39, 0.29) is 30.0 Å². The van der Waals surface area contributed by atoms with E-state index in [1.54, 1.807) is 6.26 Å².